The van der Waals surface area contributed by atoms with Crippen LogP contribution in [0.25, 0.3) is 22.4 Å². The largest absolute Gasteiger partial charge is 0.486 e. The zero-order chi connectivity index (χ0) is 16.4. The molecule has 2 aromatic heterocycles. The molecule has 3 aromatic rings. The zero-order valence-electron chi connectivity index (χ0n) is 13.1. The lowest BCUT2D eigenvalue weighted by molar-refractivity contribution is 0.172. The van der Waals surface area contributed by atoms with Crippen molar-refractivity contribution < 1.29 is 9.47 Å². The van der Waals surface area contributed by atoms with E-state index in [1.807, 2.05) is 24.3 Å². The first-order valence-corrected chi connectivity index (χ1v) is 7.94. The number of unbranched alkanes of at least 4 members (excludes halogenated alkanes) is 1. The van der Waals surface area contributed by atoms with Gasteiger partial charge in [-0.05, 0) is 18.6 Å². The van der Waals surface area contributed by atoms with E-state index < -0.39 is 0 Å². The number of aromatic nitrogens is 3. The van der Waals surface area contributed by atoms with Crippen LogP contribution in [-0.2, 0) is 6.54 Å². The van der Waals surface area contributed by atoms with Gasteiger partial charge in [0.25, 0.3) is 0 Å². The molecule has 3 heterocycles. The topological polar surface area (TPSA) is 73.0 Å². The highest BCUT2D eigenvalue weighted by molar-refractivity contribution is 5.84. The summed E-state index contributed by atoms with van der Waals surface area (Å²) >= 11 is 0. The Labute approximate surface area is 139 Å². The van der Waals surface area contributed by atoms with E-state index in [-0.39, 0.29) is 0 Å². The minimum absolute atomic E-state index is 0.514. The van der Waals surface area contributed by atoms with Crippen LogP contribution in [0.5, 0.6) is 11.5 Å². The third-order valence-electron chi connectivity index (χ3n) is 4.02. The third kappa shape index (κ3) is 2.54. The maximum absolute atomic E-state index is 8.83. The first kappa shape index (κ1) is 14.5. The van der Waals surface area contributed by atoms with Crippen molar-refractivity contribution in [2.75, 3.05) is 13.2 Å². The second-order valence-corrected chi connectivity index (χ2v) is 5.57. The van der Waals surface area contributed by atoms with Crippen molar-refractivity contribution >= 4 is 11.0 Å². The molecule has 0 unspecified atom stereocenters. The maximum atomic E-state index is 8.83. The number of ether oxygens (including phenoxy) is 2. The molecule has 0 N–H and O–H groups in total. The van der Waals surface area contributed by atoms with Crippen molar-refractivity contribution in [3.8, 4) is 29.0 Å². The van der Waals surface area contributed by atoms with Gasteiger partial charge < -0.3 is 14.0 Å². The van der Waals surface area contributed by atoms with Crippen molar-refractivity contribution in [1.29, 1.82) is 5.26 Å². The molecule has 0 atom stereocenters. The van der Waals surface area contributed by atoms with Crippen molar-refractivity contribution in [3.05, 3.63) is 36.7 Å². The summed E-state index contributed by atoms with van der Waals surface area (Å²) in [5.74, 6) is 2.35. The normalized spacial score (nSPS) is 13.0. The molecule has 6 heteroatoms. The van der Waals surface area contributed by atoms with Gasteiger partial charge in [-0.25, -0.2) is 4.98 Å². The number of fused-ring (bicyclic) bond motifs is 2. The van der Waals surface area contributed by atoms with E-state index in [4.69, 9.17) is 19.7 Å². The van der Waals surface area contributed by atoms with E-state index >= 15 is 0 Å². The molecular weight excluding hydrogens is 304 g/mol. The average molecular weight is 320 g/mol. The number of nitriles is 1. The Morgan fingerprint density at radius 2 is 1.88 bits per heavy atom. The van der Waals surface area contributed by atoms with E-state index in [0.29, 0.717) is 19.6 Å². The number of hydrogen-bond acceptors (Lipinski definition) is 5. The van der Waals surface area contributed by atoms with Crippen LogP contribution in [0.15, 0.2) is 36.7 Å². The Bertz CT molecular complexity index is 912. The molecule has 0 aliphatic carbocycles. The van der Waals surface area contributed by atoms with Gasteiger partial charge in [-0.2, -0.15) is 5.26 Å². The summed E-state index contributed by atoms with van der Waals surface area (Å²) in [5, 5.41) is 8.83. The fourth-order valence-electron chi connectivity index (χ4n) is 2.93. The maximum Gasteiger partial charge on any atom is 0.163 e. The van der Waals surface area contributed by atoms with Crippen molar-refractivity contribution in [2.45, 2.75) is 19.4 Å². The lowest BCUT2D eigenvalue weighted by atomic mass is 10.2. The monoisotopic (exact) mass is 320 g/mol. The third-order valence-corrected chi connectivity index (χ3v) is 4.02. The Morgan fingerprint density at radius 1 is 1.12 bits per heavy atom. The van der Waals surface area contributed by atoms with Crippen molar-refractivity contribution in [1.82, 2.24) is 14.5 Å². The van der Waals surface area contributed by atoms with Crippen LogP contribution >= 0.6 is 0 Å². The zero-order valence-corrected chi connectivity index (χ0v) is 13.1. The molecule has 4 rings (SSSR count). The SMILES string of the molecule is N#CCCCn1c(-c2ccncc2)nc2cc3c(cc21)OCCO3. The van der Waals surface area contributed by atoms with Gasteiger partial charge in [0.15, 0.2) is 11.5 Å². The summed E-state index contributed by atoms with van der Waals surface area (Å²) in [5.41, 5.74) is 2.85. The van der Waals surface area contributed by atoms with Gasteiger partial charge in [0, 0.05) is 43.1 Å². The molecule has 1 aliphatic rings. The van der Waals surface area contributed by atoms with Crippen LogP contribution < -0.4 is 9.47 Å². The van der Waals surface area contributed by atoms with E-state index in [1.165, 1.54) is 0 Å². The van der Waals surface area contributed by atoms with Gasteiger partial charge in [-0.15, -0.1) is 0 Å². The van der Waals surface area contributed by atoms with Crippen LogP contribution in [0.3, 0.4) is 0 Å². The van der Waals surface area contributed by atoms with Gasteiger partial charge in [-0.3, -0.25) is 4.98 Å². The van der Waals surface area contributed by atoms with Crippen LogP contribution in [0, 0.1) is 11.3 Å². The minimum atomic E-state index is 0.514. The van der Waals surface area contributed by atoms with Gasteiger partial charge in [0.1, 0.15) is 19.0 Å². The van der Waals surface area contributed by atoms with Crippen LogP contribution in [0.1, 0.15) is 12.8 Å². The molecule has 0 bridgehead atoms. The molecular formula is C18H16N4O2. The van der Waals surface area contributed by atoms with E-state index in [1.54, 1.807) is 12.4 Å². The molecule has 0 radical (unpaired) electrons. The summed E-state index contributed by atoms with van der Waals surface area (Å²) in [6, 6.07) is 9.98. The Balaban J connectivity index is 1.87. The smallest absolute Gasteiger partial charge is 0.163 e. The number of rotatable bonds is 4. The summed E-state index contributed by atoms with van der Waals surface area (Å²) in [4.78, 5) is 8.86. The van der Waals surface area contributed by atoms with Crippen molar-refractivity contribution in [3.63, 3.8) is 0 Å². The van der Waals surface area contributed by atoms with E-state index in [9.17, 15) is 0 Å². The molecule has 1 aromatic carbocycles. The molecule has 0 saturated heterocycles. The highest BCUT2D eigenvalue weighted by Gasteiger charge is 2.18. The standard InChI is InChI=1S/C18H16N4O2/c19-5-1-2-8-22-15-12-17-16(23-9-10-24-17)11-14(15)21-18(22)13-3-6-20-7-4-13/h3-4,6-7,11-12H,1-2,8-10H2. The van der Waals surface area contributed by atoms with E-state index in [0.717, 1.165) is 46.9 Å². The molecule has 0 saturated carbocycles. The van der Waals surface area contributed by atoms with Crippen molar-refractivity contribution in [2.24, 2.45) is 0 Å². The highest BCUT2D eigenvalue weighted by atomic mass is 16.6. The number of aryl methyl sites for hydroxylation is 1. The van der Waals surface area contributed by atoms with Gasteiger partial charge in [0.2, 0.25) is 0 Å². The lowest BCUT2D eigenvalue weighted by Gasteiger charge is -2.18. The predicted molar refractivity (Wildman–Crippen MR) is 88.8 cm³/mol. The lowest BCUT2D eigenvalue weighted by Crippen LogP contribution is -2.15. The number of benzene rings is 1. The first-order valence-electron chi connectivity index (χ1n) is 7.94. The average Bonchev–Trinajstić information content (AvgIpc) is 2.98. The summed E-state index contributed by atoms with van der Waals surface area (Å²) in [6.45, 7) is 1.83. The fraction of sp³-hybridized carbons (Fsp3) is 0.278. The van der Waals surface area contributed by atoms with Gasteiger partial charge in [0.05, 0.1) is 17.1 Å². The Kier molecular flexibility index (Phi) is 3.75. The van der Waals surface area contributed by atoms with E-state index in [2.05, 4.69) is 15.6 Å². The molecule has 0 fully saturated rings. The number of nitrogens with zero attached hydrogens (tertiary/aromatic N) is 4. The molecule has 6 nitrogen and oxygen atoms in total. The number of hydrogen-bond donors (Lipinski definition) is 0. The molecule has 24 heavy (non-hydrogen) atoms. The molecule has 1 aliphatic heterocycles. The second-order valence-electron chi connectivity index (χ2n) is 5.57. The quantitative estimate of drug-likeness (QED) is 0.690. The second kappa shape index (κ2) is 6.20. The van der Waals surface area contributed by atoms with Gasteiger partial charge >= 0.3 is 0 Å². The minimum Gasteiger partial charge on any atom is -0.486 e. The molecule has 120 valence electrons. The molecule has 0 amide bonds. The summed E-state index contributed by atoms with van der Waals surface area (Å²) in [7, 11) is 0. The Morgan fingerprint density at radius 3 is 2.62 bits per heavy atom. The molecule has 0 spiro atoms. The fourth-order valence-corrected chi connectivity index (χ4v) is 2.93. The van der Waals surface area contributed by atoms with Crippen LogP contribution in [0.4, 0.5) is 0 Å². The summed E-state index contributed by atoms with van der Waals surface area (Å²) in [6.07, 6.45) is 4.80. The predicted octanol–water partition coefficient (Wildman–Crippen LogP) is 3.17. The summed E-state index contributed by atoms with van der Waals surface area (Å²) < 4.78 is 13.5. The Hall–Kier alpha value is -3.07. The number of imidazole rings is 1. The van der Waals surface area contributed by atoms with Crippen LogP contribution in [-0.4, -0.2) is 27.7 Å². The van der Waals surface area contributed by atoms with Crippen LogP contribution in [0.2, 0.25) is 0 Å². The number of pyridine rings is 1. The first-order chi connectivity index (χ1) is 11.9. The highest BCUT2D eigenvalue weighted by Crippen LogP contribution is 2.36. The van der Waals surface area contributed by atoms with Gasteiger partial charge in [-0.1, -0.05) is 0 Å².